The molecule has 1 aliphatic rings. The van der Waals surface area contributed by atoms with E-state index in [9.17, 15) is 9.59 Å². The van der Waals surface area contributed by atoms with Crippen LogP contribution < -0.4 is 5.32 Å². The van der Waals surface area contributed by atoms with Crippen molar-refractivity contribution in [2.24, 2.45) is 5.92 Å². The number of rotatable bonds is 8. The van der Waals surface area contributed by atoms with E-state index in [0.29, 0.717) is 23.8 Å². The SMILES string of the molecule is CC(C)C[C@H](NC(=O)c1ccc([C@@H]2SCC(=O)N2Cc2ccccc2)cc1)c1ccccc1. The molecule has 0 aliphatic carbocycles. The molecule has 1 heterocycles. The largest absolute Gasteiger partial charge is 0.345 e. The molecule has 4 rings (SSSR count). The third kappa shape index (κ3) is 5.85. The molecule has 1 fully saturated rings. The number of carbonyl (C=O) groups excluding carboxylic acids is 2. The monoisotopic (exact) mass is 458 g/mol. The Morgan fingerprint density at radius 3 is 2.24 bits per heavy atom. The minimum Gasteiger partial charge on any atom is -0.345 e. The lowest BCUT2D eigenvalue weighted by Gasteiger charge is -2.25. The normalized spacial score (nSPS) is 16.8. The minimum atomic E-state index is -0.0765. The smallest absolute Gasteiger partial charge is 0.251 e. The molecule has 1 saturated heterocycles. The molecular formula is C28H30N2O2S. The first kappa shape index (κ1) is 23.1. The average molecular weight is 459 g/mol. The van der Waals surface area contributed by atoms with Crippen molar-refractivity contribution in [2.75, 3.05) is 5.75 Å². The molecule has 170 valence electrons. The van der Waals surface area contributed by atoms with Crippen LogP contribution in [0.2, 0.25) is 0 Å². The van der Waals surface area contributed by atoms with Gasteiger partial charge in [-0.1, -0.05) is 86.6 Å². The molecule has 3 aromatic rings. The van der Waals surface area contributed by atoms with E-state index in [1.54, 1.807) is 11.8 Å². The minimum absolute atomic E-state index is 0.0252. The van der Waals surface area contributed by atoms with Crippen LogP contribution in [0, 0.1) is 5.92 Å². The first-order chi connectivity index (χ1) is 16.0. The number of benzene rings is 3. The number of carbonyl (C=O) groups is 2. The zero-order chi connectivity index (χ0) is 23.2. The predicted octanol–water partition coefficient (Wildman–Crippen LogP) is 5.98. The van der Waals surface area contributed by atoms with E-state index in [1.165, 1.54) is 0 Å². The Balaban J connectivity index is 1.46. The fraction of sp³-hybridized carbons (Fsp3) is 0.286. The van der Waals surface area contributed by atoms with Gasteiger partial charge >= 0.3 is 0 Å². The fourth-order valence-electron chi connectivity index (χ4n) is 4.16. The quantitative estimate of drug-likeness (QED) is 0.452. The van der Waals surface area contributed by atoms with E-state index in [4.69, 9.17) is 0 Å². The maximum absolute atomic E-state index is 13.0. The van der Waals surface area contributed by atoms with Crippen molar-refractivity contribution in [1.82, 2.24) is 10.2 Å². The molecule has 1 aliphatic heterocycles. The predicted molar refractivity (Wildman–Crippen MR) is 135 cm³/mol. The molecule has 4 nitrogen and oxygen atoms in total. The number of amides is 2. The van der Waals surface area contributed by atoms with Gasteiger partial charge in [-0.05, 0) is 41.2 Å². The van der Waals surface area contributed by atoms with Crippen molar-refractivity contribution in [3.8, 4) is 0 Å². The maximum atomic E-state index is 13.0. The molecule has 33 heavy (non-hydrogen) atoms. The van der Waals surface area contributed by atoms with Crippen molar-refractivity contribution in [3.63, 3.8) is 0 Å². The first-order valence-corrected chi connectivity index (χ1v) is 12.5. The summed E-state index contributed by atoms with van der Waals surface area (Å²) in [6, 6.07) is 27.8. The van der Waals surface area contributed by atoms with Crippen LogP contribution in [-0.4, -0.2) is 22.5 Å². The summed E-state index contributed by atoms with van der Waals surface area (Å²) >= 11 is 1.64. The lowest BCUT2D eigenvalue weighted by molar-refractivity contribution is -0.128. The van der Waals surface area contributed by atoms with Crippen LogP contribution in [0.15, 0.2) is 84.9 Å². The highest BCUT2D eigenvalue weighted by atomic mass is 32.2. The summed E-state index contributed by atoms with van der Waals surface area (Å²) in [7, 11) is 0. The lowest BCUT2D eigenvalue weighted by Crippen LogP contribution is -2.29. The molecule has 2 atom stereocenters. The summed E-state index contributed by atoms with van der Waals surface area (Å²) in [6.07, 6.45) is 0.878. The lowest BCUT2D eigenvalue weighted by atomic mass is 9.96. The zero-order valence-corrected chi connectivity index (χ0v) is 19.9. The van der Waals surface area contributed by atoms with Gasteiger partial charge in [-0.25, -0.2) is 0 Å². The van der Waals surface area contributed by atoms with Gasteiger partial charge in [0.15, 0.2) is 0 Å². The second kappa shape index (κ2) is 10.7. The van der Waals surface area contributed by atoms with E-state index in [2.05, 4.69) is 31.3 Å². The fourth-order valence-corrected chi connectivity index (χ4v) is 5.34. The zero-order valence-electron chi connectivity index (χ0n) is 19.1. The van der Waals surface area contributed by atoms with Crippen LogP contribution >= 0.6 is 11.8 Å². The summed E-state index contributed by atoms with van der Waals surface area (Å²) in [4.78, 5) is 27.5. The standard InChI is InChI=1S/C28H30N2O2S/c1-20(2)17-25(22-11-7-4-8-12-22)29-27(32)23-13-15-24(16-14-23)28-30(26(31)19-33-28)18-21-9-5-3-6-10-21/h3-16,20,25,28H,17-19H2,1-2H3,(H,29,32)/t25-,28-/m0/s1. The van der Waals surface area contributed by atoms with E-state index in [-0.39, 0.29) is 23.2 Å². The second-order valence-electron chi connectivity index (χ2n) is 8.86. The molecule has 3 aromatic carbocycles. The van der Waals surface area contributed by atoms with Crippen molar-refractivity contribution in [2.45, 2.75) is 38.2 Å². The molecule has 2 amide bonds. The van der Waals surface area contributed by atoms with Gasteiger partial charge in [-0.3, -0.25) is 9.59 Å². The van der Waals surface area contributed by atoms with Crippen molar-refractivity contribution < 1.29 is 9.59 Å². The third-order valence-corrected chi connectivity index (χ3v) is 7.09. The van der Waals surface area contributed by atoms with E-state index in [1.807, 2.05) is 77.7 Å². The summed E-state index contributed by atoms with van der Waals surface area (Å²) in [5.74, 6) is 1.01. The average Bonchev–Trinajstić information content (AvgIpc) is 3.19. The van der Waals surface area contributed by atoms with Gasteiger partial charge in [0.25, 0.3) is 5.91 Å². The molecule has 0 radical (unpaired) electrons. The molecule has 0 spiro atoms. The molecule has 0 unspecified atom stereocenters. The molecule has 5 heteroatoms. The Hall–Kier alpha value is -3.05. The van der Waals surface area contributed by atoms with Crippen LogP contribution in [0.25, 0.3) is 0 Å². The van der Waals surface area contributed by atoms with Crippen molar-refractivity contribution >= 4 is 23.6 Å². The Kier molecular flexibility index (Phi) is 7.50. The van der Waals surface area contributed by atoms with Gasteiger partial charge in [0.05, 0.1) is 11.8 Å². The highest BCUT2D eigenvalue weighted by Crippen LogP contribution is 2.39. The highest BCUT2D eigenvalue weighted by molar-refractivity contribution is 8.00. The van der Waals surface area contributed by atoms with E-state index >= 15 is 0 Å². The Bertz CT molecular complexity index is 1070. The number of hydrogen-bond donors (Lipinski definition) is 1. The summed E-state index contributed by atoms with van der Waals surface area (Å²) in [5, 5.41) is 3.18. The Morgan fingerprint density at radius 2 is 1.61 bits per heavy atom. The van der Waals surface area contributed by atoms with Crippen LogP contribution in [0.5, 0.6) is 0 Å². The summed E-state index contributed by atoms with van der Waals surface area (Å²) in [6.45, 7) is 4.92. The number of nitrogens with zero attached hydrogens (tertiary/aromatic N) is 1. The Morgan fingerprint density at radius 1 is 0.970 bits per heavy atom. The van der Waals surface area contributed by atoms with Gasteiger partial charge in [0, 0.05) is 12.1 Å². The number of hydrogen-bond acceptors (Lipinski definition) is 3. The van der Waals surface area contributed by atoms with Crippen LogP contribution in [0.4, 0.5) is 0 Å². The molecule has 0 bridgehead atoms. The third-order valence-electron chi connectivity index (χ3n) is 5.84. The van der Waals surface area contributed by atoms with Gasteiger partial charge < -0.3 is 10.2 Å². The van der Waals surface area contributed by atoms with Crippen molar-refractivity contribution in [1.29, 1.82) is 0 Å². The van der Waals surface area contributed by atoms with Gasteiger partial charge in [-0.15, -0.1) is 11.8 Å². The first-order valence-electron chi connectivity index (χ1n) is 11.4. The van der Waals surface area contributed by atoms with Gasteiger partial charge in [0.2, 0.25) is 5.91 Å². The second-order valence-corrected chi connectivity index (χ2v) is 9.93. The number of thioether (sulfide) groups is 1. The van der Waals surface area contributed by atoms with Crippen LogP contribution in [-0.2, 0) is 11.3 Å². The van der Waals surface area contributed by atoms with E-state index in [0.717, 1.165) is 23.1 Å². The highest BCUT2D eigenvalue weighted by Gasteiger charge is 2.32. The van der Waals surface area contributed by atoms with Gasteiger partial charge in [0.1, 0.15) is 5.37 Å². The van der Waals surface area contributed by atoms with Crippen LogP contribution in [0.1, 0.15) is 58.7 Å². The van der Waals surface area contributed by atoms with Crippen LogP contribution in [0.3, 0.4) is 0 Å². The number of nitrogens with one attached hydrogen (secondary N) is 1. The van der Waals surface area contributed by atoms with Crippen molar-refractivity contribution in [3.05, 3.63) is 107 Å². The van der Waals surface area contributed by atoms with Gasteiger partial charge in [-0.2, -0.15) is 0 Å². The summed E-state index contributed by atoms with van der Waals surface area (Å²) in [5.41, 5.74) is 3.91. The molecule has 0 aromatic heterocycles. The Labute approximate surface area is 200 Å². The topological polar surface area (TPSA) is 49.4 Å². The maximum Gasteiger partial charge on any atom is 0.251 e. The summed E-state index contributed by atoms with van der Waals surface area (Å²) < 4.78 is 0. The van der Waals surface area contributed by atoms with E-state index < -0.39 is 0 Å². The molecule has 1 N–H and O–H groups in total. The molecule has 0 saturated carbocycles. The molecular weight excluding hydrogens is 428 g/mol.